The van der Waals surface area contributed by atoms with Crippen molar-refractivity contribution in [2.45, 2.75) is 31.1 Å². The Bertz CT molecular complexity index is 849. The Morgan fingerprint density at radius 2 is 1.56 bits per heavy atom. The minimum Gasteiger partial charge on any atom is -0.206 e. The third kappa shape index (κ3) is 4.66. The van der Waals surface area contributed by atoms with Crippen molar-refractivity contribution in [1.29, 1.82) is 10.5 Å². The molecule has 128 valence electrons. The van der Waals surface area contributed by atoms with Gasteiger partial charge in [-0.1, -0.05) is 12.1 Å². The normalized spacial score (nSPS) is 14.3. The fraction of sp³-hybridized carbons (Fsp3) is 0.263. The van der Waals surface area contributed by atoms with E-state index < -0.39 is 0 Å². The molecule has 0 heterocycles. The molecule has 0 bridgehead atoms. The van der Waals surface area contributed by atoms with Crippen LogP contribution in [0.2, 0.25) is 0 Å². The van der Waals surface area contributed by atoms with Crippen LogP contribution in [-0.4, -0.2) is 0 Å². The molecule has 0 unspecified atom stereocenters. The van der Waals surface area contributed by atoms with E-state index >= 15 is 0 Å². The first-order valence-electron chi connectivity index (χ1n) is 7.59. The molecule has 0 radical (unpaired) electrons. The van der Waals surface area contributed by atoms with Crippen LogP contribution in [0.1, 0.15) is 30.4 Å². The summed E-state index contributed by atoms with van der Waals surface area (Å²) in [5.41, 5.74) is 1.40. The van der Waals surface area contributed by atoms with Crippen LogP contribution in [0.3, 0.4) is 0 Å². The van der Waals surface area contributed by atoms with Gasteiger partial charge in [-0.25, -0.2) is 8.78 Å². The predicted molar refractivity (Wildman–Crippen MR) is 98.7 cm³/mol. The van der Waals surface area contributed by atoms with Crippen LogP contribution < -0.4 is 0 Å². The second-order valence-corrected chi connectivity index (χ2v) is 7.47. The van der Waals surface area contributed by atoms with E-state index in [9.17, 15) is 8.78 Å². The zero-order valence-electron chi connectivity index (χ0n) is 13.2. The molecule has 0 aliphatic heterocycles. The van der Waals surface area contributed by atoms with Crippen molar-refractivity contribution in [3.63, 3.8) is 0 Å². The van der Waals surface area contributed by atoms with Gasteiger partial charge in [0.25, 0.3) is 0 Å². The molecular formula is C19H14Br2F2N2. The van der Waals surface area contributed by atoms with Crippen LogP contribution >= 0.6 is 31.9 Å². The lowest BCUT2D eigenvalue weighted by Crippen LogP contribution is -2.32. The van der Waals surface area contributed by atoms with E-state index in [-0.39, 0.29) is 17.0 Å². The Kier molecular flexibility index (Phi) is 6.70. The van der Waals surface area contributed by atoms with Crippen molar-refractivity contribution in [3.05, 3.63) is 68.1 Å². The molecule has 2 aromatic carbocycles. The molecule has 1 aliphatic carbocycles. The molecule has 0 N–H and O–H groups in total. The lowest BCUT2D eigenvalue weighted by molar-refractivity contribution is 0.323. The average molecular weight is 468 g/mol. The average Bonchev–Trinajstić information content (AvgIpc) is 2.55. The number of hydrogen-bond acceptors (Lipinski definition) is 2. The van der Waals surface area contributed by atoms with E-state index in [1.54, 1.807) is 24.3 Å². The Labute approximate surface area is 162 Å². The van der Waals surface area contributed by atoms with E-state index in [2.05, 4.69) is 37.9 Å². The lowest BCUT2D eigenvalue weighted by Gasteiger charge is -2.35. The fourth-order valence-electron chi connectivity index (χ4n) is 2.53. The molecule has 2 nitrogen and oxygen atoms in total. The summed E-state index contributed by atoms with van der Waals surface area (Å²) < 4.78 is 26.4. The van der Waals surface area contributed by atoms with Gasteiger partial charge < -0.3 is 0 Å². The predicted octanol–water partition coefficient (Wildman–Crippen LogP) is 6.19. The van der Waals surface area contributed by atoms with Gasteiger partial charge in [0, 0.05) is 0 Å². The smallest absolute Gasteiger partial charge is 0.137 e. The molecule has 0 amide bonds. The van der Waals surface area contributed by atoms with Gasteiger partial charge in [-0.15, -0.1) is 0 Å². The molecule has 25 heavy (non-hydrogen) atoms. The van der Waals surface area contributed by atoms with E-state index in [1.807, 2.05) is 6.07 Å². The SMILES string of the molecule is N#CC1(c2ccc(F)c(Br)c2)CCC1.N#CCc1ccc(F)c(Br)c1. The standard InChI is InChI=1S/C11H9BrFN.C8H5BrFN/c12-9-6-8(2-3-10(9)13)11(7-14)4-1-5-11;9-7-5-6(3-4-11)1-2-8(7)10/h2-3,6H,1,4-5H2;1-2,5H,3H2. The zero-order valence-corrected chi connectivity index (χ0v) is 16.4. The molecule has 3 rings (SSSR count). The summed E-state index contributed by atoms with van der Waals surface area (Å²) in [4.78, 5) is 0. The second-order valence-electron chi connectivity index (χ2n) is 5.76. The monoisotopic (exact) mass is 466 g/mol. The number of benzene rings is 2. The van der Waals surface area contributed by atoms with Crippen molar-refractivity contribution >= 4 is 31.9 Å². The Hall–Kier alpha value is -1.76. The van der Waals surface area contributed by atoms with Crippen molar-refractivity contribution in [2.75, 3.05) is 0 Å². The second kappa shape index (κ2) is 8.56. The van der Waals surface area contributed by atoms with Crippen LogP contribution in [0.4, 0.5) is 8.78 Å². The van der Waals surface area contributed by atoms with E-state index in [0.717, 1.165) is 30.4 Å². The number of nitriles is 2. The minimum absolute atomic E-state index is 0.277. The summed E-state index contributed by atoms with van der Waals surface area (Å²) in [5, 5.41) is 17.4. The number of rotatable bonds is 2. The largest absolute Gasteiger partial charge is 0.206 e. The first kappa shape index (κ1) is 19.6. The highest BCUT2D eigenvalue weighted by Crippen LogP contribution is 2.43. The van der Waals surface area contributed by atoms with Gasteiger partial charge in [-0.3, -0.25) is 0 Å². The molecule has 0 aromatic heterocycles. The minimum atomic E-state index is -0.351. The van der Waals surface area contributed by atoms with Crippen molar-refractivity contribution < 1.29 is 8.78 Å². The highest BCUT2D eigenvalue weighted by atomic mass is 79.9. The van der Waals surface area contributed by atoms with Gasteiger partial charge in [0.1, 0.15) is 11.6 Å². The number of hydrogen-bond donors (Lipinski definition) is 0. The maximum atomic E-state index is 13.0. The lowest BCUT2D eigenvalue weighted by atomic mass is 9.65. The third-order valence-electron chi connectivity index (χ3n) is 4.16. The molecule has 1 fully saturated rings. The summed E-state index contributed by atoms with van der Waals surface area (Å²) >= 11 is 6.17. The van der Waals surface area contributed by atoms with Crippen LogP contribution in [0.5, 0.6) is 0 Å². The van der Waals surface area contributed by atoms with Gasteiger partial charge in [0.2, 0.25) is 0 Å². The van der Waals surface area contributed by atoms with Gasteiger partial charge in [0.05, 0.1) is 32.9 Å². The van der Waals surface area contributed by atoms with Gasteiger partial charge in [0.15, 0.2) is 0 Å². The Balaban J connectivity index is 0.000000186. The zero-order chi connectivity index (χ0) is 18.4. The first-order valence-corrected chi connectivity index (χ1v) is 9.18. The van der Waals surface area contributed by atoms with Crippen molar-refractivity contribution in [1.82, 2.24) is 0 Å². The molecular weight excluding hydrogens is 454 g/mol. The quantitative estimate of drug-likeness (QED) is 0.528. The molecule has 0 saturated heterocycles. The highest BCUT2D eigenvalue weighted by molar-refractivity contribution is 9.10. The molecule has 6 heteroatoms. The summed E-state index contributed by atoms with van der Waals surface area (Å²) in [6.45, 7) is 0. The maximum absolute atomic E-state index is 13.0. The highest BCUT2D eigenvalue weighted by Gasteiger charge is 2.39. The summed E-state index contributed by atoms with van der Waals surface area (Å²) in [7, 11) is 0. The van der Waals surface area contributed by atoms with Crippen molar-refractivity contribution in [2.24, 2.45) is 0 Å². The van der Waals surface area contributed by atoms with Crippen LogP contribution in [0, 0.1) is 34.3 Å². The molecule has 0 spiro atoms. The molecule has 0 atom stereocenters. The molecule has 1 saturated carbocycles. The van der Waals surface area contributed by atoms with Crippen LogP contribution in [0.15, 0.2) is 45.3 Å². The van der Waals surface area contributed by atoms with E-state index in [4.69, 9.17) is 10.5 Å². The Morgan fingerprint density at radius 1 is 0.960 bits per heavy atom. The van der Waals surface area contributed by atoms with E-state index in [0.29, 0.717) is 15.4 Å². The summed E-state index contributed by atoms with van der Waals surface area (Å²) in [6, 6.07) is 13.7. The van der Waals surface area contributed by atoms with Gasteiger partial charge in [-0.05, 0) is 86.5 Å². The van der Waals surface area contributed by atoms with Crippen molar-refractivity contribution in [3.8, 4) is 12.1 Å². The van der Waals surface area contributed by atoms with E-state index in [1.165, 1.54) is 12.1 Å². The number of nitrogens with zero attached hydrogens (tertiary/aromatic N) is 2. The molecule has 2 aromatic rings. The van der Waals surface area contributed by atoms with Gasteiger partial charge in [-0.2, -0.15) is 10.5 Å². The Morgan fingerprint density at radius 3 is 2.00 bits per heavy atom. The maximum Gasteiger partial charge on any atom is 0.137 e. The number of halogens is 4. The molecule has 1 aliphatic rings. The fourth-order valence-corrected chi connectivity index (χ4v) is 3.34. The summed E-state index contributed by atoms with van der Waals surface area (Å²) in [5.74, 6) is -0.576. The summed E-state index contributed by atoms with van der Waals surface area (Å²) in [6.07, 6.45) is 3.19. The first-order chi connectivity index (χ1) is 11.9. The third-order valence-corrected chi connectivity index (χ3v) is 5.38. The van der Waals surface area contributed by atoms with Gasteiger partial charge >= 0.3 is 0 Å². The van der Waals surface area contributed by atoms with Crippen LogP contribution in [-0.2, 0) is 11.8 Å². The van der Waals surface area contributed by atoms with Crippen LogP contribution in [0.25, 0.3) is 0 Å². The topological polar surface area (TPSA) is 47.6 Å².